The van der Waals surface area contributed by atoms with Gasteiger partial charge in [0.1, 0.15) is 11.6 Å². The first-order valence-electron chi connectivity index (χ1n) is 5.92. The first-order valence-corrected chi connectivity index (χ1v) is 5.92. The molecule has 1 aromatic heterocycles. The van der Waals surface area contributed by atoms with Gasteiger partial charge in [0.2, 0.25) is 0 Å². The van der Waals surface area contributed by atoms with E-state index in [1.54, 1.807) is 19.5 Å². The second-order valence-electron chi connectivity index (χ2n) is 4.25. The summed E-state index contributed by atoms with van der Waals surface area (Å²) in [5.41, 5.74) is 7.37. The number of nitrogens with two attached hydrogens (primary N) is 1. The van der Waals surface area contributed by atoms with Crippen LogP contribution in [0.3, 0.4) is 0 Å². The van der Waals surface area contributed by atoms with E-state index < -0.39 is 0 Å². The topological polar surface area (TPSA) is 61.0 Å². The van der Waals surface area contributed by atoms with Crippen molar-refractivity contribution in [3.63, 3.8) is 0 Å². The van der Waals surface area contributed by atoms with Gasteiger partial charge in [-0.3, -0.25) is 4.98 Å². The van der Waals surface area contributed by atoms with E-state index in [0.717, 1.165) is 27.8 Å². The molecule has 0 amide bonds. The Labute approximate surface area is 110 Å². The summed E-state index contributed by atoms with van der Waals surface area (Å²) in [5.74, 6) is 1.28. The molecule has 19 heavy (non-hydrogen) atoms. The molecule has 0 unspecified atom stereocenters. The number of benzene rings is 2. The van der Waals surface area contributed by atoms with Gasteiger partial charge in [0, 0.05) is 5.56 Å². The highest BCUT2D eigenvalue weighted by Gasteiger charge is 2.02. The molecule has 4 nitrogen and oxygen atoms in total. The van der Waals surface area contributed by atoms with Crippen LogP contribution in [0.1, 0.15) is 0 Å². The number of fused-ring (bicyclic) bond motifs is 1. The summed E-state index contributed by atoms with van der Waals surface area (Å²) < 4.78 is 5.21. The SMILES string of the molecule is COc1ccc2cc(-c3cnc(N)cn3)ccc2c1. The quantitative estimate of drug-likeness (QED) is 0.760. The molecule has 1 heterocycles. The largest absolute Gasteiger partial charge is 0.497 e. The molecule has 3 aromatic rings. The summed E-state index contributed by atoms with van der Waals surface area (Å²) in [6.45, 7) is 0. The second kappa shape index (κ2) is 4.57. The first-order chi connectivity index (χ1) is 9.26. The van der Waals surface area contributed by atoms with E-state index in [2.05, 4.69) is 16.0 Å². The van der Waals surface area contributed by atoms with Crippen molar-refractivity contribution in [2.24, 2.45) is 0 Å². The van der Waals surface area contributed by atoms with Gasteiger partial charge in [-0.2, -0.15) is 0 Å². The van der Waals surface area contributed by atoms with Gasteiger partial charge >= 0.3 is 0 Å². The Morgan fingerprint density at radius 3 is 2.47 bits per heavy atom. The number of hydrogen-bond acceptors (Lipinski definition) is 4. The fourth-order valence-electron chi connectivity index (χ4n) is 2.00. The minimum Gasteiger partial charge on any atom is -0.497 e. The lowest BCUT2D eigenvalue weighted by Crippen LogP contribution is -1.92. The molecule has 0 aliphatic rings. The number of rotatable bonds is 2. The molecule has 2 N–H and O–H groups in total. The van der Waals surface area contributed by atoms with E-state index >= 15 is 0 Å². The molecule has 0 fully saturated rings. The van der Waals surface area contributed by atoms with Gasteiger partial charge in [-0.25, -0.2) is 4.98 Å². The highest BCUT2D eigenvalue weighted by atomic mass is 16.5. The molecule has 0 aliphatic heterocycles. The maximum absolute atomic E-state index is 5.54. The van der Waals surface area contributed by atoms with Crippen molar-refractivity contribution >= 4 is 16.6 Å². The van der Waals surface area contributed by atoms with Crippen LogP contribution in [0.2, 0.25) is 0 Å². The zero-order valence-electron chi connectivity index (χ0n) is 10.5. The molecular formula is C15H13N3O. The smallest absolute Gasteiger partial charge is 0.141 e. The molecule has 0 aliphatic carbocycles. The third-order valence-corrected chi connectivity index (χ3v) is 3.01. The van der Waals surface area contributed by atoms with E-state index in [0.29, 0.717) is 5.82 Å². The summed E-state index contributed by atoms with van der Waals surface area (Å²) >= 11 is 0. The number of aromatic nitrogens is 2. The first kappa shape index (κ1) is 11.5. The highest BCUT2D eigenvalue weighted by molar-refractivity contribution is 5.87. The lowest BCUT2D eigenvalue weighted by Gasteiger charge is -2.05. The van der Waals surface area contributed by atoms with Gasteiger partial charge in [-0.1, -0.05) is 18.2 Å². The molecule has 94 valence electrons. The lowest BCUT2D eigenvalue weighted by atomic mass is 10.1. The van der Waals surface area contributed by atoms with Gasteiger partial charge in [0.05, 0.1) is 25.2 Å². The minimum atomic E-state index is 0.425. The van der Waals surface area contributed by atoms with E-state index in [1.807, 2.05) is 30.3 Å². The Balaban J connectivity index is 2.08. The van der Waals surface area contributed by atoms with Crippen LogP contribution in [0.25, 0.3) is 22.0 Å². The van der Waals surface area contributed by atoms with Gasteiger partial charge in [-0.15, -0.1) is 0 Å². The van der Waals surface area contributed by atoms with Crippen LogP contribution in [0, 0.1) is 0 Å². The van der Waals surface area contributed by atoms with Crippen LogP contribution in [-0.2, 0) is 0 Å². The average molecular weight is 251 g/mol. The fourth-order valence-corrected chi connectivity index (χ4v) is 2.00. The standard InChI is InChI=1S/C15H13N3O/c1-19-13-5-4-10-6-12(3-2-11(10)7-13)14-8-18-15(16)9-17-14/h2-9H,1H3,(H2,16,18). The molecule has 2 aromatic carbocycles. The molecule has 0 saturated carbocycles. The van der Waals surface area contributed by atoms with Crippen LogP contribution in [0.4, 0.5) is 5.82 Å². The maximum Gasteiger partial charge on any atom is 0.141 e. The molecular weight excluding hydrogens is 238 g/mol. The van der Waals surface area contributed by atoms with Crippen LogP contribution in [0.15, 0.2) is 48.8 Å². The Kier molecular flexibility index (Phi) is 2.76. The van der Waals surface area contributed by atoms with Crippen LogP contribution in [-0.4, -0.2) is 17.1 Å². The van der Waals surface area contributed by atoms with E-state index in [4.69, 9.17) is 10.5 Å². The number of methoxy groups -OCH3 is 1. The van der Waals surface area contributed by atoms with Crippen molar-refractivity contribution in [3.8, 4) is 17.0 Å². The Morgan fingerprint density at radius 1 is 0.947 bits per heavy atom. The number of nitrogen functional groups attached to an aromatic ring is 1. The van der Waals surface area contributed by atoms with Crippen molar-refractivity contribution < 1.29 is 4.74 Å². The predicted octanol–water partition coefficient (Wildman–Crippen LogP) is 2.89. The number of nitrogens with zero attached hydrogens (tertiary/aromatic N) is 2. The zero-order chi connectivity index (χ0) is 13.2. The predicted molar refractivity (Wildman–Crippen MR) is 75.9 cm³/mol. The van der Waals surface area contributed by atoms with Crippen LogP contribution >= 0.6 is 0 Å². The van der Waals surface area contributed by atoms with Gasteiger partial charge in [-0.05, 0) is 29.0 Å². The Hall–Kier alpha value is -2.62. The summed E-state index contributed by atoms with van der Waals surface area (Å²) in [6, 6.07) is 12.1. The van der Waals surface area contributed by atoms with Crippen molar-refractivity contribution in [3.05, 3.63) is 48.8 Å². The lowest BCUT2D eigenvalue weighted by molar-refractivity contribution is 0.415. The van der Waals surface area contributed by atoms with Crippen molar-refractivity contribution in [1.82, 2.24) is 9.97 Å². The summed E-state index contributed by atoms with van der Waals surface area (Å²) in [5, 5.41) is 2.27. The summed E-state index contributed by atoms with van der Waals surface area (Å²) in [7, 11) is 1.67. The average Bonchev–Trinajstić information content (AvgIpc) is 2.47. The van der Waals surface area contributed by atoms with Crippen molar-refractivity contribution in [2.75, 3.05) is 12.8 Å². The molecule has 3 rings (SSSR count). The third-order valence-electron chi connectivity index (χ3n) is 3.01. The number of hydrogen-bond donors (Lipinski definition) is 1. The molecule has 0 radical (unpaired) electrons. The molecule has 4 heteroatoms. The third kappa shape index (κ3) is 2.20. The Morgan fingerprint density at radius 2 is 1.74 bits per heavy atom. The van der Waals surface area contributed by atoms with Crippen LogP contribution < -0.4 is 10.5 Å². The normalized spacial score (nSPS) is 10.6. The molecule has 0 bridgehead atoms. The van der Waals surface area contributed by atoms with E-state index in [9.17, 15) is 0 Å². The summed E-state index contributed by atoms with van der Waals surface area (Å²) in [6.07, 6.45) is 3.24. The van der Waals surface area contributed by atoms with Gasteiger partial charge in [0.15, 0.2) is 0 Å². The summed E-state index contributed by atoms with van der Waals surface area (Å²) in [4.78, 5) is 8.34. The Bertz CT molecular complexity index is 723. The van der Waals surface area contributed by atoms with Gasteiger partial charge < -0.3 is 10.5 Å². The maximum atomic E-state index is 5.54. The number of anilines is 1. The zero-order valence-corrected chi connectivity index (χ0v) is 10.5. The van der Waals surface area contributed by atoms with Crippen molar-refractivity contribution in [1.29, 1.82) is 0 Å². The second-order valence-corrected chi connectivity index (χ2v) is 4.25. The van der Waals surface area contributed by atoms with Crippen molar-refractivity contribution in [2.45, 2.75) is 0 Å². The number of ether oxygens (including phenoxy) is 1. The molecule has 0 spiro atoms. The monoisotopic (exact) mass is 251 g/mol. The molecule has 0 saturated heterocycles. The highest BCUT2D eigenvalue weighted by Crippen LogP contribution is 2.25. The van der Waals surface area contributed by atoms with E-state index in [1.165, 1.54) is 0 Å². The van der Waals surface area contributed by atoms with Gasteiger partial charge in [0.25, 0.3) is 0 Å². The van der Waals surface area contributed by atoms with Crippen LogP contribution in [0.5, 0.6) is 5.75 Å². The van der Waals surface area contributed by atoms with E-state index in [-0.39, 0.29) is 0 Å². The minimum absolute atomic E-state index is 0.425. The molecule has 0 atom stereocenters. The fraction of sp³-hybridized carbons (Fsp3) is 0.0667.